The zero-order valence-corrected chi connectivity index (χ0v) is 19.2. The van der Waals surface area contributed by atoms with Crippen molar-refractivity contribution in [2.75, 3.05) is 13.7 Å². The number of hydrogen-bond donors (Lipinski definition) is 1. The van der Waals surface area contributed by atoms with Crippen LogP contribution in [0, 0.1) is 5.92 Å². The van der Waals surface area contributed by atoms with Crippen LogP contribution >= 0.6 is 0 Å². The minimum atomic E-state index is -0.673. The molecule has 2 atom stereocenters. The van der Waals surface area contributed by atoms with Gasteiger partial charge in [0.05, 0.1) is 19.1 Å². The second kappa shape index (κ2) is 9.99. The van der Waals surface area contributed by atoms with Crippen LogP contribution in [0.1, 0.15) is 43.4 Å². The van der Waals surface area contributed by atoms with Crippen LogP contribution in [-0.2, 0) is 20.9 Å². The molecule has 178 valence electrons. The first-order chi connectivity index (χ1) is 16.4. The molecule has 0 saturated carbocycles. The molecule has 3 aromatic rings. The number of unbranched alkanes of at least 4 members (excludes halogenated alkanes) is 1. The molecule has 0 aliphatic carbocycles. The average molecular weight is 466 g/mol. The Morgan fingerprint density at radius 2 is 1.91 bits per heavy atom. The summed E-state index contributed by atoms with van der Waals surface area (Å²) < 4.78 is 16.0. The molecule has 1 N–H and O–H groups in total. The van der Waals surface area contributed by atoms with Gasteiger partial charge in [-0.25, -0.2) is 4.79 Å². The van der Waals surface area contributed by atoms with Crippen molar-refractivity contribution in [2.24, 2.45) is 5.92 Å². The number of phenols is 1. The van der Waals surface area contributed by atoms with E-state index < -0.39 is 23.6 Å². The van der Waals surface area contributed by atoms with E-state index in [1.807, 2.05) is 24.3 Å². The van der Waals surface area contributed by atoms with E-state index in [9.17, 15) is 19.5 Å². The summed E-state index contributed by atoms with van der Waals surface area (Å²) in [7, 11) is 1.58. The van der Waals surface area contributed by atoms with Crippen molar-refractivity contribution in [1.29, 1.82) is 0 Å². The van der Waals surface area contributed by atoms with Crippen LogP contribution in [-0.4, -0.2) is 35.5 Å². The van der Waals surface area contributed by atoms with Crippen molar-refractivity contribution in [3.63, 3.8) is 0 Å². The van der Waals surface area contributed by atoms with Gasteiger partial charge in [-0.1, -0.05) is 25.5 Å². The van der Waals surface area contributed by atoms with E-state index in [2.05, 4.69) is 6.92 Å². The molecule has 4 rings (SSSR count). The van der Waals surface area contributed by atoms with Gasteiger partial charge in [0.15, 0.2) is 0 Å². The zero-order chi connectivity index (χ0) is 24.2. The molecule has 2 aromatic carbocycles. The van der Waals surface area contributed by atoms with Crippen LogP contribution in [0.4, 0.5) is 0 Å². The van der Waals surface area contributed by atoms with Gasteiger partial charge in [-0.05, 0) is 36.2 Å². The summed E-state index contributed by atoms with van der Waals surface area (Å²) in [5.41, 5.74) is 0.900. The fourth-order valence-electron chi connectivity index (χ4n) is 4.40. The van der Waals surface area contributed by atoms with E-state index >= 15 is 0 Å². The molecular weight excluding hydrogens is 438 g/mol. The zero-order valence-electron chi connectivity index (χ0n) is 19.2. The Bertz CT molecular complexity index is 1250. The maximum Gasteiger partial charge on any atom is 0.336 e. The summed E-state index contributed by atoms with van der Waals surface area (Å²) in [4.78, 5) is 39.7. The van der Waals surface area contributed by atoms with E-state index in [1.54, 1.807) is 18.1 Å². The quantitative estimate of drug-likeness (QED) is 0.397. The second-order valence-electron chi connectivity index (χ2n) is 8.35. The van der Waals surface area contributed by atoms with E-state index in [0.29, 0.717) is 23.2 Å². The highest BCUT2D eigenvalue weighted by atomic mass is 16.5. The number of benzene rings is 2. The van der Waals surface area contributed by atoms with Gasteiger partial charge in [0.2, 0.25) is 5.91 Å². The third-order valence-corrected chi connectivity index (χ3v) is 6.13. The fourth-order valence-corrected chi connectivity index (χ4v) is 4.40. The third kappa shape index (κ3) is 4.76. The Kier molecular flexibility index (Phi) is 6.86. The second-order valence-corrected chi connectivity index (χ2v) is 8.35. The van der Waals surface area contributed by atoms with Crippen LogP contribution in [0.25, 0.3) is 11.0 Å². The standard InChI is InChI=1S/C26H27NO7/c1-3-4-11-27-23(29)14-21(25(27)16-5-8-19(32-2)9-6-16)26(31)33-15-17-12-24(30)34-22-13-18(28)7-10-20(17)22/h5-10,12-13,21,25,28H,3-4,11,14-15H2,1-2H3/t21-,25-/m1/s1. The highest BCUT2D eigenvalue weighted by molar-refractivity contribution is 5.88. The molecule has 1 aliphatic heterocycles. The van der Waals surface area contributed by atoms with Crippen LogP contribution in [0.2, 0.25) is 0 Å². The van der Waals surface area contributed by atoms with Crippen molar-refractivity contribution in [2.45, 2.75) is 38.8 Å². The molecule has 0 unspecified atom stereocenters. The Labute approximate surface area is 196 Å². The number of phenolic OH excluding ortho intramolecular Hbond substituents is 1. The van der Waals surface area contributed by atoms with Gasteiger partial charge in [-0.2, -0.15) is 0 Å². The number of likely N-dealkylation sites (tertiary alicyclic amines) is 1. The van der Waals surface area contributed by atoms with Crippen molar-refractivity contribution in [3.05, 3.63) is 70.1 Å². The van der Waals surface area contributed by atoms with Gasteiger partial charge in [0, 0.05) is 36.0 Å². The van der Waals surface area contributed by atoms with Gasteiger partial charge < -0.3 is 23.9 Å². The summed E-state index contributed by atoms with van der Waals surface area (Å²) in [5, 5.41) is 10.2. The number of ether oxygens (including phenoxy) is 2. The number of amides is 1. The molecule has 1 aliphatic rings. The normalized spacial score (nSPS) is 17.8. The van der Waals surface area contributed by atoms with Crippen molar-refractivity contribution >= 4 is 22.8 Å². The molecule has 0 spiro atoms. The van der Waals surface area contributed by atoms with Gasteiger partial charge in [-0.15, -0.1) is 0 Å². The molecule has 1 aromatic heterocycles. The molecule has 1 amide bonds. The number of methoxy groups -OCH3 is 1. The van der Waals surface area contributed by atoms with Crippen molar-refractivity contribution < 1.29 is 28.6 Å². The molecule has 1 saturated heterocycles. The molecule has 1 fully saturated rings. The maximum atomic E-state index is 13.2. The van der Waals surface area contributed by atoms with E-state index in [0.717, 1.165) is 18.4 Å². The van der Waals surface area contributed by atoms with E-state index in [4.69, 9.17) is 13.9 Å². The lowest BCUT2D eigenvalue weighted by Crippen LogP contribution is -2.32. The van der Waals surface area contributed by atoms with Crippen molar-refractivity contribution in [1.82, 2.24) is 4.90 Å². The van der Waals surface area contributed by atoms with Crippen LogP contribution in [0.3, 0.4) is 0 Å². The highest BCUT2D eigenvalue weighted by Gasteiger charge is 2.45. The topological polar surface area (TPSA) is 106 Å². The first kappa shape index (κ1) is 23.4. The maximum absolute atomic E-state index is 13.2. The van der Waals surface area contributed by atoms with E-state index in [-0.39, 0.29) is 30.3 Å². The largest absolute Gasteiger partial charge is 0.508 e. The van der Waals surface area contributed by atoms with Crippen LogP contribution in [0.15, 0.2) is 57.7 Å². The Morgan fingerprint density at radius 1 is 1.15 bits per heavy atom. The summed E-state index contributed by atoms with van der Waals surface area (Å²) in [6, 6.07) is 12.6. The van der Waals surface area contributed by atoms with Crippen LogP contribution < -0.4 is 10.4 Å². The molecule has 34 heavy (non-hydrogen) atoms. The minimum Gasteiger partial charge on any atom is -0.508 e. The van der Waals surface area contributed by atoms with Gasteiger partial charge in [-0.3, -0.25) is 9.59 Å². The number of nitrogens with zero attached hydrogens (tertiary/aromatic N) is 1. The third-order valence-electron chi connectivity index (χ3n) is 6.13. The summed E-state index contributed by atoms with van der Waals surface area (Å²) in [5.74, 6) is -0.615. The average Bonchev–Trinajstić information content (AvgIpc) is 3.16. The summed E-state index contributed by atoms with van der Waals surface area (Å²) >= 11 is 0. The van der Waals surface area contributed by atoms with E-state index in [1.165, 1.54) is 18.2 Å². The lowest BCUT2D eigenvalue weighted by atomic mass is 9.93. The van der Waals surface area contributed by atoms with Gasteiger partial charge in [0.25, 0.3) is 0 Å². The van der Waals surface area contributed by atoms with Crippen molar-refractivity contribution in [3.8, 4) is 11.5 Å². The molecule has 8 heteroatoms. The first-order valence-corrected chi connectivity index (χ1v) is 11.3. The number of rotatable bonds is 8. The molecular formula is C26H27NO7. The summed E-state index contributed by atoms with van der Waals surface area (Å²) in [6.45, 7) is 2.46. The lowest BCUT2D eigenvalue weighted by molar-refractivity contribution is -0.150. The number of aromatic hydroxyl groups is 1. The van der Waals surface area contributed by atoms with Crippen LogP contribution in [0.5, 0.6) is 11.5 Å². The number of carbonyl (C=O) groups is 2. The highest BCUT2D eigenvalue weighted by Crippen LogP contribution is 2.40. The SMILES string of the molecule is CCCCN1C(=O)C[C@@H](C(=O)OCc2cc(=O)oc3cc(O)ccc23)[C@H]1c1ccc(OC)cc1. The Balaban J connectivity index is 1.59. The summed E-state index contributed by atoms with van der Waals surface area (Å²) in [6.07, 6.45) is 1.82. The predicted molar refractivity (Wildman–Crippen MR) is 124 cm³/mol. The number of fused-ring (bicyclic) bond motifs is 1. The molecule has 0 radical (unpaired) electrons. The predicted octanol–water partition coefficient (Wildman–Crippen LogP) is 3.94. The number of carbonyl (C=O) groups excluding carboxylic acids is 2. The van der Waals surface area contributed by atoms with Gasteiger partial charge >= 0.3 is 11.6 Å². The first-order valence-electron chi connectivity index (χ1n) is 11.3. The number of hydrogen-bond acceptors (Lipinski definition) is 7. The lowest BCUT2D eigenvalue weighted by Gasteiger charge is -2.28. The monoisotopic (exact) mass is 465 g/mol. The molecule has 8 nitrogen and oxygen atoms in total. The smallest absolute Gasteiger partial charge is 0.336 e. The molecule has 0 bridgehead atoms. The Morgan fingerprint density at radius 3 is 2.62 bits per heavy atom. The van der Waals surface area contributed by atoms with Gasteiger partial charge in [0.1, 0.15) is 23.7 Å². The molecule has 2 heterocycles. The number of esters is 1. The fraction of sp³-hybridized carbons (Fsp3) is 0.346. The Hall–Kier alpha value is -3.81. The minimum absolute atomic E-state index is 0.0382.